The maximum atomic E-state index is 10.8. The minimum atomic E-state index is -1.07. The molecule has 1 N–H and O–H groups in total. The van der Waals surface area contributed by atoms with Crippen molar-refractivity contribution in [2.45, 2.75) is 38.0 Å². The smallest absolute Gasteiger partial charge is 0.136 e. The number of furan rings is 1. The van der Waals surface area contributed by atoms with Crippen LogP contribution in [-0.2, 0) is 23.4 Å². The van der Waals surface area contributed by atoms with Crippen molar-refractivity contribution in [1.82, 2.24) is 4.90 Å². The van der Waals surface area contributed by atoms with E-state index in [1.807, 2.05) is 12.1 Å². The van der Waals surface area contributed by atoms with Crippen LogP contribution in [0.5, 0.6) is 0 Å². The summed E-state index contributed by atoms with van der Waals surface area (Å²) in [5.74, 6) is 1.42. The van der Waals surface area contributed by atoms with E-state index in [9.17, 15) is 5.11 Å². The van der Waals surface area contributed by atoms with Crippen LogP contribution in [0.4, 0.5) is 0 Å². The van der Waals surface area contributed by atoms with Gasteiger partial charge in [-0.25, -0.2) is 0 Å². The number of nitrogens with zero attached hydrogens (tertiary/aromatic N) is 1. The lowest BCUT2D eigenvalue weighted by molar-refractivity contribution is 0.0186. The van der Waals surface area contributed by atoms with Crippen molar-refractivity contribution in [2.24, 2.45) is 0 Å². The minimum absolute atomic E-state index is 0.429. The van der Waals surface area contributed by atoms with Gasteiger partial charge in [0.15, 0.2) is 0 Å². The molecule has 2 aromatic rings. The van der Waals surface area contributed by atoms with Gasteiger partial charge in [-0.05, 0) is 40.9 Å². The predicted octanol–water partition coefficient (Wildman–Crippen LogP) is 4.72. The van der Waals surface area contributed by atoms with E-state index in [0.29, 0.717) is 25.1 Å². The molecule has 26 heavy (non-hydrogen) atoms. The van der Waals surface area contributed by atoms with E-state index < -0.39 is 5.60 Å². The molecule has 0 saturated heterocycles. The second-order valence-corrected chi connectivity index (χ2v) is 7.25. The molecule has 0 aliphatic rings. The van der Waals surface area contributed by atoms with Crippen LogP contribution in [0.1, 0.15) is 36.3 Å². The fourth-order valence-corrected chi connectivity index (χ4v) is 3.64. The van der Waals surface area contributed by atoms with Crippen LogP contribution in [0.2, 0.25) is 0 Å². The Morgan fingerprint density at radius 3 is 2.62 bits per heavy atom. The molecule has 0 radical (unpaired) electrons. The van der Waals surface area contributed by atoms with Gasteiger partial charge in [0, 0.05) is 39.6 Å². The van der Waals surface area contributed by atoms with Gasteiger partial charge < -0.3 is 14.3 Å². The van der Waals surface area contributed by atoms with E-state index in [2.05, 4.69) is 34.9 Å². The Balaban J connectivity index is 2.08. The molecule has 0 aromatic carbocycles. The topological polar surface area (TPSA) is 45.8 Å². The first-order valence-corrected chi connectivity index (χ1v) is 9.81. The van der Waals surface area contributed by atoms with E-state index in [-0.39, 0.29) is 0 Å². The van der Waals surface area contributed by atoms with Gasteiger partial charge in [-0.1, -0.05) is 12.2 Å². The Morgan fingerprint density at radius 2 is 2.00 bits per heavy atom. The molecule has 0 saturated carbocycles. The highest BCUT2D eigenvalue weighted by Crippen LogP contribution is 2.31. The van der Waals surface area contributed by atoms with Crippen LogP contribution < -0.4 is 0 Å². The number of methoxy groups -OCH3 is 1. The average Bonchev–Trinajstić information content (AvgIpc) is 3.28. The molecule has 0 bridgehead atoms. The number of hydrogen-bond donors (Lipinski definition) is 1. The molecule has 0 aliphatic carbocycles. The molecule has 0 atom stereocenters. The van der Waals surface area contributed by atoms with Crippen LogP contribution in [0.3, 0.4) is 0 Å². The SMILES string of the molecule is C=CCC(O)(CC=C)c1ccc(CN(CCCOC)Cc2ccsc2)o1. The van der Waals surface area contributed by atoms with Gasteiger partial charge in [0.25, 0.3) is 0 Å². The Hall–Kier alpha value is -1.66. The fraction of sp³-hybridized carbons (Fsp3) is 0.429. The molecular formula is C21H29NO3S. The number of hydrogen-bond acceptors (Lipinski definition) is 5. The monoisotopic (exact) mass is 375 g/mol. The summed E-state index contributed by atoms with van der Waals surface area (Å²) < 4.78 is 11.2. The third kappa shape index (κ3) is 5.95. The van der Waals surface area contributed by atoms with Gasteiger partial charge in [-0.3, -0.25) is 4.90 Å². The van der Waals surface area contributed by atoms with E-state index in [1.54, 1.807) is 30.6 Å². The van der Waals surface area contributed by atoms with Crippen molar-refractivity contribution in [1.29, 1.82) is 0 Å². The minimum Gasteiger partial charge on any atom is -0.462 e. The first kappa shape index (κ1) is 20.6. The summed E-state index contributed by atoms with van der Waals surface area (Å²) in [4.78, 5) is 2.34. The Morgan fingerprint density at radius 1 is 1.23 bits per heavy atom. The van der Waals surface area contributed by atoms with Gasteiger partial charge in [0.2, 0.25) is 0 Å². The van der Waals surface area contributed by atoms with Crippen molar-refractivity contribution in [3.05, 3.63) is 71.4 Å². The van der Waals surface area contributed by atoms with Crippen molar-refractivity contribution < 1.29 is 14.3 Å². The number of thiophene rings is 1. The zero-order valence-corrected chi connectivity index (χ0v) is 16.3. The first-order valence-electron chi connectivity index (χ1n) is 8.87. The molecule has 4 nitrogen and oxygen atoms in total. The lowest BCUT2D eigenvalue weighted by Crippen LogP contribution is -2.25. The van der Waals surface area contributed by atoms with Gasteiger partial charge in [0.05, 0.1) is 6.54 Å². The highest BCUT2D eigenvalue weighted by Gasteiger charge is 2.30. The molecular weight excluding hydrogens is 346 g/mol. The van der Waals surface area contributed by atoms with Crippen molar-refractivity contribution in [2.75, 3.05) is 20.3 Å². The summed E-state index contributed by atoms with van der Waals surface area (Å²) in [7, 11) is 1.72. The number of aliphatic hydroxyl groups is 1. The second-order valence-electron chi connectivity index (χ2n) is 6.47. The first-order chi connectivity index (χ1) is 12.6. The average molecular weight is 376 g/mol. The lowest BCUT2D eigenvalue weighted by atomic mass is 9.93. The molecule has 0 amide bonds. The normalized spacial score (nSPS) is 11.8. The number of ether oxygens (including phenoxy) is 1. The Labute approximate surface area is 160 Å². The lowest BCUT2D eigenvalue weighted by Gasteiger charge is -2.23. The molecule has 0 spiro atoms. The Kier molecular flexibility index (Phi) is 8.32. The van der Waals surface area contributed by atoms with Crippen molar-refractivity contribution in [3.8, 4) is 0 Å². The molecule has 0 unspecified atom stereocenters. The van der Waals surface area contributed by atoms with Crippen LogP contribution >= 0.6 is 11.3 Å². The predicted molar refractivity (Wildman–Crippen MR) is 107 cm³/mol. The molecule has 0 fully saturated rings. The molecule has 142 valence electrons. The summed E-state index contributed by atoms with van der Waals surface area (Å²) in [6.45, 7) is 10.7. The van der Waals surface area contributed by atoms with Gasteiger partial charge in [0.1, 0.15) is 17.1 Å². The zero-order valence-electron chi connectivity index (χ0n) is 15.5. The standard InChI is InChI=1S/C21H29NO3S/c1-4-10-21(23,11-5-2)20-8-7-19(25-20)16-22(12-6-13-24-3)15-18-9-14-26-17-18/h4-5,7-9,14,17,23H,1-2,6,10-13,15-16H2,3H3. The van der Waals surface area contributed by atoms with E-state index in [1.165, 1.54) is 5.56 Å². The van der Waals surface area contributed by atoms with Crippen LogP contribution in [-0.4, -0.2) is 30.3 Å². The van der Waals surface area contributed by atoms with Crippen molar-refractivity contribution >= 4 is 11.3 Å². The number of rotatable bonds is 13. The zero-order chi connectivity index (χ0) is 18.8. The summed E-state index contributed by atoms with van der Waals surface area (Å²) >= 11 is 1.71. The van der Waals surface area contributed by atoms with Crippen LogP contribution in [0, 0.1) is 0 Å². The maximum absolute atomic E-state index is 10.8. The summed E-state index contributed by atoms with van der Waals surface area (Å²) in [5, 5.41) is 15.1. The highest BCUT2D eigenvalue weighted by molar-refractivity contribution is 7.07. The third-order valence-corrected chi connectivity index (χ3v) is 5.00. The van der Waals surface area contributed by atoms with E-state index in [0.717, 1.165) is 31.9 Å². The summed E-state index contributed by atoms with van der Waals surface area (Å²) in [6.07, 6.45) is 5.24. The molecule has 0 aliphatic heterocycles. The van der Waals surface area contributed by atoms with Crippen LogP contribution in [0.15, 0.2) is 58.7 Å². The summed E-state index contributed by atoms with van der Waals surface area (Å²) in [5.41, 5.74) is 0.227. The quantitative estimate of drug-likeness (QED) is 0.406. The molecule has 2 aromatic heterocycles. The second kappa shape index (κ2) is 10.5. The maximum Gasteiger partial charge on any atom is 0.136 e. The van der Waals surface area contributed by atoms with Crippen LogP contribution in [0.25, 0.3) is 0 Å². The molecule has 5 heteroatoms. The summed E-state index contributed by atoms with van der Waals surface area (Å²) in [6, 6.07) is 5.96. The highest BCUT2D eigenvalue weighted by atomic mass is 32.1. The largest absolute Gasteiger partial charge is 0.462 e. The van der Waals surface area contributed by atoms with E-state index >= 15 is 0 Å². The Bertz CT molecular complexity index is 653. The molecule has 2 rings (SSSR count). The molecule has 2 heterocycles. The van der Waals surface area contributed by atoms with Gasteiger partial charge in [-0.15, -0.1) is 13.2 Å². The van der Waals surface area contributed by atoms with Gasteiger partial charge in [-0.2, -0.15) is 11.3 Å². The third-order valence-electron chi connectivity index (χ3n) is 4.27. The fourth-order valence-electron chi connectivity index (χ4n) is 2.98. The van der Waals surface area contributed by atoms with Gasteiger partial charge >= 0.3 is 0 Å². The van der Waals surface area contributed by atoms with E-state index in [4.69, 9.17) is 9.15 Å². The van der Waals surface area contributed by atoms with Crippen molar-refractivity contribution in [3.63, 3.8) is 0 Å².